The number of H-pyrrole nitrogens is 1. The number of halogens is 1. The van der Waals surface area contributed by atoms with Gasteiger partial charge in [0.15, 0.2) is 0 Å². The van der Waals surface area contributed by atoms with E-state index in [4.69, 9.17) is 0 Å². The van der Waals surface area contributed by atoms with E-state index in [-0.39, 0.29) is 12.4 Å². The minimum atomic E-state index is 0. The van der Waals surface area contributed by atoms with Crippen molar-refractivity contribution in [2.75, 3.05) is 36.8 Å². The van der Waals surface area contributed by atoms with Crippen LogP contribution in [-0.2, 0) is 6.54 Å². The Morgan fingerprint density at radius 3 is 2.68 bits per heavy atom. The van der Waals surface area contributed by atoms with Gasteiger partial charge in [-0.15, -0.1) is 12.4 Å². The van der Waals surface area contributed by atoms with Gasteiger partial charge in [-0.1, -0.05) is 6.07 Å². The zero-order valence-corrected chi connectivity index (χ0v) is 20.2. The lowest BCUT2D eigenvalue weighted by Crippen LogP contribution is -2.42. The average Bonchev–Trinajstić information content (AvgIpc) is 3.21. The fourth-order valence-corrected chi connectivity index (χ4v) is 4.01. The van der Waals surface area contributed by atoms with E-state index in [1.807, 2.05) is 24.4 Å². The number of rotatable bonds is 7. The summed E-state index contributed by atoms with van der Waals surface area (Å²) in [5, 5.41) is 10.0. The van der Waals surface area contributed by atoms with E-state index in [1.54, 1.807) is 6.33 Å². The fraction of sp³-hybridized carbons (Fsp3) is 0.333. The number of aromatic nitrogens is 5. The number of imidazole rings is 1. The van der Waals surface area contributed by atoms with Crippen molar-refractivity contribution in [2.24, 2.45) is 0 Å². The highest BCUT2D eigenvalue weighted by Gasteiger charge is 2.11. The average molecular weight is 480 g/mol. The molecule has 9 nitrogen and oxygen atoms in total. The Morgan fingerprint density at radius 2 is 1.85 bits per heavy atom. The third kappa shape index (κ3) is 5.80. The zero-order chi connectivity index (χ0) is 22.6. The summed E-state index contributed by atoms with van der Waals surface area (Å²) in [6, 6.07) is 12.5. The highest BCUT2D eigenvalue weighted by atomic mass is 35.5. The first-order valence-electron chi connectivity index (χ1n) is 11.4. The Bertz CT molecular complexity index is 1230. The van der Waals surface area contributed by atoms with Crippen molar-refractivity contribution in [1.29, 1.82) is 0 Å². The molecule has 0 amide bonds. The molecule has 0 aliphatic carbocycles. The Hall–Kier alpha value is -3.27. The SMILES string of the molecule is CC(C)Nc1cc(-c2ccc3nc(Nc4cc(CN5CCNCC5)ccn4)[nH]c3c2)ncn1.Cl. The van der Waals surface area contributed by atoms with E-state index in [9.17, 15) is 0 Å². The Morgan fingerprint density at radius 1 is 1.00 bits per heavy atom. The minimum absolute atomic E-state index is 0. The number of nitrogens with zero attached hydrogens (tertiary/aromatic N) is 5. The van der Waals surface area contributed by atoms with Crippen LogP contribution in [0.2, 0.25) is 0 Å². The van der Waals surface area contributed by atoms with Crippen LogP contribution in [0.1, 0.15) is 19.4 Å². The van der Waals surface area contributed by atoms with Gasteiger partial charge in [0.25, 0.3) is 0 Å². The maximum Gasteiger partial charge on any atom is 0.206 e. The number of aromatic amines is 1. The highest BCUT2D eigenvalue weighted by Crippen LogP contribution is 2.25. The number of piperazine rings is 1. The minimum Gasteiger partial charge on any atom is -0.368 e. The van der Waals surface area contributed by atoms with Gasteiger partial charge in [-0.2, -0.15) is 0 Å². The summed E-state index contributed by atoms with van der Waals surface area (Å²) >= 11 is 0. The second-order valence-corrected chi connectivity index (χ2v) is 8.61. The van der Waals surface area contributed by atoms with Gasteiger partial charge >= 0.3 is 0 Å². The number of hydrogen-bond acceptors (Lipinski definition) is 8. The molecule has 0 bridgehead atoms. The summed E-state index contributed by atoms with van der Waals surface area (Å²) in [5.74, 6) is 2.26. The maximum atomic E-state index is 4.67. The largest absolute Gasteiger partial charge is 0.368 e. The molecule has 4 aromatic rings. The number of pyridine rings is 1. The second-order valence-electron chi connectivity index (χ2n) is 8.61. The Kier molecular flexibility index (Phi) is 7.56. The molecule has 1 saturated heterocycles. The molecule has 5 rings (SSSR count). The van der Waals surface area contributed by atoms with Crippen molar-refractivity contribution in [3.63, 3.8) is 0 Å². The van der Waals surface area contributed by atoms with Gasteiger partial charge < -0.3 is 20.9 Å². The third-order valence-corrected chi connectivity index (χ3v) is 5.57. The molecule has 1 fully saturated rings. The molecule has 0 saturated carbocycles. The summed E-state index contributed by atoms with van der Waals surface area (Å²) in [4.78, 5) is 23.7. The van der Waals surface area contributed by atoms with Gasteiger partial charge in [-0.3, -0.25) is 4.90 Å². The monoisotopic (exact) mass is 479 g/mol. The van der Waals surface area contributed by atoms with Gasteiger partial charge in [-0.05, 0) is 43.7 Å². The van der Waals surface area contributed by atoms with Crippen molar-refractivity contribution < 1.29 is 0 Å². The van der Waals surface area contributed by atoms with Crippen LogP contribution in [0.3, 0.4) is 0 Å². The standard InChI is InChI=1S/C24H29N9.ClH/c1-16(2)29-23-13-20(27-15-28-23)18-3-4-19-21(12-18)31-24(30-19)32-22-11-17(5-6-26-22)14-33-9-7-25-8-10-33;/h3-6,11-13,15-16,25H,7-10,14H2,1-2H3,(H,27,28,29)(H2,26,30,31,32);1H. The van der Waals surface area contributed by atoms with Crippen molar-refractivity contribution >= 4 is 41.0 Å². The molecule has 1 aromatic carbocycles. The quantitative estimate of drug-likeness (QED) is 0.317. The molecule has 3 aromatic heterocycles. The van der Waals surface area contributed by atoms with E-state index in [2.05, 4.69) is 77.8 Å². The molecule has 4 heterocycles. The smallest absolute Gasteiger partial charge is 0.206 e. The molecule has 0 atom stereocenters. The number of hydrogen-bond donors (Lipinski definition) is 4. The number of fused-ring (bicyclic) bond motifs is 1. The Labute approximate surface area is 205 Å². The molecular weight excluding hydrogens is 450 g/mol. The molecule has 0 unspecified atom stereocenters. The molecule has 34 heavy (non-hydrogen) atoms. The predicted molar refractivity (Wildman–Crippen MR) is 139 cm³/mol. The summed E-state index contributed by atoms with van der Waals surface area (Å²) in [7, 11) is 0. The van der Waals surface area contributed by atoms with Crippen LogP contribution in [0.25, 0.3) is 22.3 Å². The van der Waals surface area contributed by atoms with Crippen LogP contribution in [0.15, 0.2) is 48.9 Å². The molecule has 10 heteroatoms. The van der Waals surface area contributed by atoms with Crippen LogP contribution in [0.4, 0.5) is 17.6 Å². The van der Waals surface area contributed by atoms with Gasteiger partial charge in [0, 0.05) is 56.6 Å². The summed E-state index contributed by atoms with van der Waals surface area (Å²) in [6.45, 7) is 9.32. The van der Waals surface area contributed by atoms with Crippen LogP contribution in [-0.4, -0.2) is 62.0 Å². The highest BCUT2D eigenvalue weighted by molar-refractivity contribution is 5.85. The first kappa shape index (κ1) is 23.9. The fourth-order valence-electron chi connectivity index (χ4n) is 4.01. The molecule has 4 N–H and O–H groups in total. The lowest BCUT2D eigenvalue weighted by atomic mass is 10.1. The number of benzene rings is 1. The predicted octanol–water partition coefficient (Wildman–Crippen LogP) is 3.81. The van der Waals surface area contributed by atoms with E-state index in [0.717, 1.165) is 66.7 Å². The number of nitrogens with one attached hydrogen (secondary N) is 4. The zero-order valence-electron chi connectivity index (χ0n) is 19.4. The molecule has 0 radical (unpaired) electrons. The van der Waals surface area contributed by atoms with Crippen molar-refractivity contribution in [2.45, 2.75) is 26.4 Å². The van der Waals surface area contributed by atoms with Crippen LogP contribution < -0.4 is 16.0 Å². The van der Waals surface area contributed by atoms with Crippen LogP contribution in [0.5, 0.6) is 0 Å². The molecule has 178 valence electrons. The maximum absolute atomic E-state index is 4.67. The van der Waals surface area contributed by atoms with Crippen LogP contribution >= 0.6 is 12.4 Å². The van der Waals surface area contributed by atoms with Crippen molar-refractivity contribution in [3.8, 4) is 11.3 Å². The molecule has 1 aliphatic heterocycles. The third-order valence-electron chi connectivity index (χ3n) is 5.57. The van der Waals surface area contributed by atoms with Gasteiger partial charge in [0.2, 0.25) is 5.95 Å². The summed E-state index contributed by atoms with van der Waals surface area (Å²) < 4.78 is 0. The van der Waals surface area contributed by atoms with E-state index in [1.165, 1.54) is 5.56 Å². The molecule has 0 spiro atoms. The first-order valence-corrected chi connectivity index (χ1v) is 11.4. The van der Waals surface area contributed by atoms with Gasteiger partial charge in [0.05, 0.1) is 16.7 Å². The number of anilines is 3. The topological polar surface area (TPSA) is 107 Å². The van der Waals surface area contributed by atoms with Crippen LogP contribution in [0, 0.1) is 0 Å². The van der Waals surface area contributed by atoms with E-state index >= 15 is 0 Å². The molecular formula is C24H30ClN9. The van der Waals surface area contributed by atoms with E-state index in [0.29, 0.717) is 12.0 Å². The lowest BCUT2D eigenvalue weighted by molar-refractivity contribution is 0.233. The van der Waals surface area contributed by atoms with Gasteiger partial charge in [0.1, 0.15) is 18.0 Å². The summed E-state index contributed by atoms with van der Waals surface area (Å²) in [6.07, 6.45) is 3.43. The first-order chi connectivity index (χ1) is 16.1. The van der Waals surface area contributed by atoms with E-state index < -0.39 is 0 Å². The Balaban J connectivity index is 0.00000274. The van der Waals surface area contributed by atoms with Crippen molar-refractivity contribution in [3.05, 3.63) is 54.5 Å². The summed E-state index contributed by atoms with van der Waals surface area (Å²) in [5.41, 5.74) is 4.92. The van der Waals surface area contributed by atoms with Gasteiger partial charge in [-0.25, -0.2) is 19.9 Å². The second kappa shape index (κ2) is 10.8. The lowest BCUT2D eigenvalue weighted by Gasteiger charge is -2.27. The normalized spacial score (nSPS) is 14.2. The van der Waals surface area contributed by atoms with Crippen molar-refractivity contribution in [1.82, 2.24) is 35.1 Å². The molecule has 1 aliphatic rings.